The predicted molar refractivity (Wildman–Crippen MR) is 56.4 cm³/mol. The van der Waals surface area contributed by atoms with Gasteiger partial charge in [0.15, 0.2) is 0 Å². The SMILES string of the molecule is CC.CC(C)C1CCN(C)CC1. The lowest BCUT2D eigenvalue weighted by molar-refractivity contribution is 0.185. The third-order valence-corrected chi connectivity index (χ3v) is 2.71. The van der Waals surface area contributed by atoms with Crippen LogP contribution < -0.4 is 0 Å². The Morgan fingerprint density at radius 1 is 1.08 bits per heavy atom. The van der Waals surface area contributed by atoms with Crippen LogP contribution in [0.3, 0.4) is 0 Å². The average molecular weight is 171 g/mol. The summed E-state index contributed by atoms with van der Waals surface area (Å²) in [5, 5.41) is 0. The van der Waals surface area contributed by atoms with Gasteiger partial charge in [-0.25, -0.2) is 0 Å². The lowest BCUT2D eigenvalue weighted by atomic mass is 9.87. The monoisotopic (exact) mass is 171 g/mol. The molecule has 1 heteroatoms. The van der Waals surface area contributed by atoms with E-state index < -0.39 is 0 Å². The van der Waals surface area contributed by atoms with E-state index in [-0.39, 0.29) is 0 Å². The molecule has 1 saturated heterocycles. The molecule has 1 rings (SSSR count). The Labute approximate surface area is 78.1 Å². The van der Waals surface area contributed by atoms with Crippen molar-refractivity contribution in [2.45, 2.75) is 40.5 Å². The van der Waals surface area contributed by atoms with Crippen molar-refractivity contribution < 1.29 is 0 Å². The highest BCUT2D eigenvalue weighted by Crippen LogP contribution is 2.23. The Morgan fingerprint density at radius 3 is 1.83 bits per heavy atom. The van der Waals surface area contributed by atoms with E-state index in [0.29, 0.717) is 0 Å². The molecule has 1 nitrogen and oxygen atoms in total. The molecule has 12 heavy (non-hydrogen) atoms. The van der Waals surface area contributed by atoms with Gasteiger partial charge < -0.3 is 4.90 Å². The molecule has 0 aliphatic carbocycles. The molecule has 1 fully saturated rings. The van der Waals surface area contributed by atoms with Gasteiger partial charge in [-0.2, -0.15) is 0 Å². The second kappa shape index (κ2) is 6.47. The van der Waals surface area contributed by atoms with Crippen LogP contribution in [0.2, 0.25) is 0 Å². The van der Waals surface area contributed by atoms with E-state index in [1.807, 2.05) is 13.8 Å². The molecule has 0 aromatic carbocycles. The minimum atomic E-state index is 0.897. The fourth-order valence-electron chi connectivity index (χ4n) is 1.70. The number of piperidine rings is 1. The van der Waals surface area contributed by atoms with Crippen LogP contribution in [0, 0.1) is 11.8 Å². The third kappa shape index (κ3) is 4.10. The maximum absolute atomic E-state index is 2.43. The maximum Gasteiger partial charge on any atom is -0.00190 e. The minimum Gasteiger partial charge on any atom is -0.306 e. The Bertz CT molecular complexity index is 91.2. The zero-order chi connectivity index (χ0) is 9.56. The van der Waals surface area contributed by atoms with E-state index in [4.69, 9.17) is 0 Å². The standard InChI is InChI=1S/C9H19N.C2H6/c1-8(2)9-4-6-10(3)7-5-9;1-2/h8-9H,4-7H2,1-3H3;1-2H3. The molecule has 0 unspecified atom stereocenters. The molecule has 0 aromatic heterocycles. The predicted octanol–water partition coefficient (Wildman–Crippen LogP) is 3.01. The van der Waals surface area contributed by atoms with Gasteiger partial charge in [0, 0.05) is 0 Å². The summed E-state index contributed by atoms with van der Waals surface area (Å²) in [6.07, 6.45) is 2.82. The molecule has 0 atom stereocenters. The zero-order valence-corrected chi connectivity index (χ0v) is 9.43. The second-order valence-electron chi connectivity index (χ2n) is 3.88. The van der Waals surface area contributed by atoms with E-state index in [1.54, 1.807) is 0 Å². The first kappa shape index (κ1) is 12.0. The molecule has 74 valence electrons. The van der Waals surface area contributed by atoms with Crippen LogP contribution in [-0.4, -0.2) is 25.0 Å². The fraction of sp³-hybridized carbons (Fsp3) is 1.00. The average Bonchev–Trinajstić information content (AvgIpc) is 2.09. The number of likely N-dealkylation sites (tertiary alicyclic amines) is 1. The molecule has 0 spiro atoms. The van der Waals surface area contributed by atoms with Gasteiger partial charge in [0.05, 0.1) is 0 Å². The van der Waals surface area contributed by atoms with E-state index in [1.165, 1.54) is 25.9 Å². The summed E-state index contributed by atoms with van der Waals surface area (Å²) in [4.78, 5) is 2.43. The maximum atomic E-state index is 2.43. The molecular weight excluding hydrogens is 146 g/mol. The van der Waals surface area contributed by atoms with Crippen LogP contribution in [0.4, 0.5) is 0 Å². The van der Waals surface area contributed by atoms with Crippen LogP contribution in [0.25, 0.3) is 0 Å². The third-order valence-electron chi connectivity index (χ3n) is 2.71. The van der Waals surface area contributed by atoms with Gasteiger partial charge in [0.25, 0.3) is 0 Å². The molecular formula is C11H25N. The van der Waals surface area contributed by atoms with E-state index in [2.05, 4.69) is 25.8 Å². The van der Waals surface area contributed by atoms with Crippen molar-refractivity contribution in [2.75, 3.05) is 20.1 Å². The van der Waals surface area contributed by atoms with Crippen molar-refractivity contribution in [2.24, 2.45) is 11.8 Å². The highest BCUT2D eigenvalue weighted by molar-refractivity contribution is 4.71. The Balaban J connectivity index is 0.000000561. The van der Waals surface area contributed by atoms with Crippen LogP contribution in [0.1, 0.15) is 40.5 Å². The minimum absolute atomic E-state index is 0.897. The summed E-state index contributed by atoms with van der Waals surface area (Å²) in [6.45, 7) is 11.3. The summed E-state index contributed by atoms with van der Waals surface area (Å²) < 4.78 is 0. The van der Waals surface area contributed by atoms with Crippen LogP contribution in [0.5, 0.6) is 0 Å². The van der Waals surface area contributed by atoms with Gasteiger partial charge in [-0.15, -0.1) is 0 Å². The highest BCUT2D eigenvalue weighted by atomic mass is 15.1. The van der Waals surface area contributed by atoms with Gasteiger partial charge in [-0.1, -0.05) is 27.7 Å². The first-order valence-electron chi connectivity index (χ1n) is 5.38. The van der Waals surface area contributed by atoms with E-state index in [0.717, 1.165) is 11.8 Å². The molecule has 0 radical (unpaired) electrons. The summed E-state index contributed by atoms with van der Waals surface area (Å²) in [6, 6.07) is 0. The molecule has 0 bridgehead atoms. The Morgan fingerprint density at radius 2 is 1.50 bits per heavy atom. The van der Waals surface area contributed by atoms with Crippen LogP contribution >= 0.6 is 0 Å². The van der Waals surface area contributed by atoms with Gasteiger partial charge in [0.2, 0.25) is 0 Å². The summed E-state index contributed by atoms with van der Waals surface area (Å²) in [7, 11) is 2.22. The van der Waals surface area contributed by atoms with Gasteiger partial charge in [-0.3, -0.25) is 0 Å². The molecule has 1 aliphatic rings. The topological polar surface area (TPSA) is 3.24 Å². The lowest BCUT2D eigenvalue weighted by Gasteiger charge is -2.31. The van der Waals surface area contributed by atoms with Crippen molar-refractivity contribution in [1.82, 2.24) is 4.90 Å². The second-order valence-corrected chi connectivity index (χ2v) is 3.88. The van der Waals surface area contributed by atoms with Crippen molar-refractivity contribution in [3.05, 3.63) is 0 Å². The number of rotatable bonds is 1. The lowest BCUT2D eigenvalue weighted by Crippen LogP contribution is -2.32. The summed E-state index contributed by atoms with van der Waals surface area (Å²) in [5.74, 6) is 1.89. The first-order valence-corrected chi connectivity index (χ1v) is 5.38. The molecule has 1 heterocycles. The van der Waals surface area contributed by atoms with Crippen molar-refractivity contribution in [3.63, 3.8) is 0 Å². The quantitative estimate of drug-likeness (QED) is 0.586. The first-order chi connectivity index (χ1) is 5.70. The van der Waals surface area contributed by atoms with Crippen molar-refractivity contribution in [1.29, 1.82) is 0 Å². The van der Waals surface area contributed by atoms with Crippen LogP contribution in [0.15, 0.2) is 0 Å². The van der Waals surface area contributed by atoms with E-state index >= 15 is 0 Å². The zero-order valence-electron chi connectivity index (χ0n) is 9.43. The Kier molecular flexibility index (Phi) is 6.45. The summed E-state index contributed by atoms with van der Waals surface area (Å²) in [5.41, 5.74) is 0. The highest BCUT2D eigenvalue weighted by Gasteiger charge is 2.18. The van der Waals surface area contributed by atoms with Crippen LogP contribution in [-0.2, 0) is 0 Å². The fourth-order valence-corrected chi connectivity index (χ4v) is 1.70. The molecule has 0 aromatic rings. The number of hydrogen-bond acceptors (Lipinski definition) is 1. The van der Waals surface area contributed by atoms with Gasteiger partial charge in [0.1, 0.15) is 0 Å². The summed E-state index contributed by atoms with van der Waals surface area (Å²) >= 11 is 0. The normalized spacial score (nSPS) is 20.5. The molecule has 0 saturated carbocycles. The molecule has 0 amide bonds. The van der Waals surface area contributed by atoms with Gasteiger partial charge >= 0.3 is 0 Å². The molecule has 1 aliphatic heterocycles. The molecule has 0 N–H and O–H groups in total. The van der Waals surface area contributed by atoms with Gasteiger partial charge in [-0.05, 0) is 44.8 Å². The van der Waals surface area contributed by atoms with Crippen molar-refractivity contribution in [3.8, 4) is 0 Å². The van der Waals surface area contributed by atoms with Crippen molar-refractivity contribution >= 4 is 0 Å². The smallest absolute Gasteiger partial charge is 0.00190 e. The largest absolute Gasteiger partial charge is 0.306 e. The Hall–Kier alpha value is -0.0400. The van der Waals surface area contributed by atoms with E-state index in [9.17, 15) is 0 Å². The number of nitrogens with zero attached hydrogens (tertiary/aromatic N) is 1. The number of hydrogen-bond donors (Lipinski definition) is 0.